The number of esters is 1. The normalized spacial score (nSPS) is 10.7. The minimum absolute atomic E-state index is 0.301. The van der Waals surface area contributed by atoms with Crippen LogP contribution < -0.4 is 0 Å². The lowest BCUT2D eigenvalue weighted by molar-refractivity contribution is 0.0526. The number of aromatic nitrogens is 1. The lowest BCUT2D eigenvalue weighted by atomic mass is 10.3. The molecule has 0 aliphatic rings. The number of fused-ring (bicyclic) bond motifs is 1. The molecule has 0 aliphatic heterocycles. The zero-order valence-corrected chi connectivity index (χ0v) is 11.7. The van der Waals surface area contributed by atoms with Crippen molar-refractivity contribution in [3.8, 4) is 0 Å². The quantitative estimate of drug-likeness (QED) is 0.614. The fraction of sp³-hybridized carbons (Fsp3) is 0.182. The van der Waals surface area contributed by atoms with Gasteiger partial charge < -0.3 is 9.14 Å². The number of carbonyl (C=O) groups is 1. The third kappa shape index (κ3) is 2.01. The third-order valence-corrected chi connectivity index (χ3v) is 3.49. The second-order valence-electron chi connectivity index (χ2n) is 3.21. The number of nitrogens with zero attached hydrogens (tertiary/aromatic N) is 1. The summed E-state index contributed by atoms with van der Waals surface area (Å²) in [5.74, 6) is -0.301. The number of halogens is 2. The Morgan fingerprint density at radius 2 is 2.19 bits per heavy atom. The molecular formula is C11H9Br2NO2. The first-order valence-corrected chi connectivity index (χ1v) is 6.35. The Bertz CT molecular complexity index is 509. The van der Waals surface area contributed by atoms with Crippen LogP contribution in [0, 0.1) is 0 Å². The van der Waals surface area contributed by atoms with E-state index in [0.29, 0.717) is 12.2 Å². The van der Waals surface area contributed by atoms with Gasteiger partial charge in [0, 0.05) is 10.7 Å². The standard InChI is InChI=1S/C11H9Br2NO2/c1-2-16-11(15)7-5-9-8(12)3-4-10(13)14(9)6-7/h3-6H,2H2,1H3. The summed E-state index contributed by atoms with van der Waals surface area (Å²) in [5, 5.41) is 0. The summed E-state index contributed by atoms with van der Waals surface area (Å²) in [4.78, 5) is 11.6. The van der Waals surface area contributed by atoms with E-state index in [1.807, 2.05) is 16.5 Å². The zero-order valence-electron chi connectivity index (χ0n) is 8.54. The van der Waals surface area contributed by atoms with Gasteiger partial charge in [-0.1, -0.05) is 0 Å². The highest BCUT2D eigenvalue weighted by Gasteiger charge is 2.12. The fourth-order valence-corrected chi connectivity index (χ4v) is 2.32. The predicted octanol–water partition coefficient (Wildman–Crippen LogP) is 3.64. The summed E-state index contributed by atoms with van der Waals surface area (Å²) in [5.41, 5.74) is 1.48. The number of hydrogen-bond donors (Lipinski definition) is 0. The minimum Gasteiger partial charge on any atom is -0.462 e. The van der Waals surface area contributed by atoms with Gasteiger partial charge in [0.1, 0.15) is 0 Å². The molecule has 0 radical (unpaired) electrons. The van der Waals surface area contributed by atoms with Crippen LogP contribution in [0.25, 0.3) is 5.52 Å². The van der Waals surface area contributed by atoms with E-state index in [0.717, 1.165) is 14.6 Å². The SMILES string of the molecule is CCOC(=O)c1cc2c(Br)ccc(Br)n2c1. The molecule has 2 heterocycles. The summed E-state index contributed by atoms with van der Waals surface area (Å²) >= 11 is 6.86. The predicted molar refractivity (Wildman–Crippen MR) is 68.8 cm³/mol. The number of rotatable bonds is 2. The van der Waals surface area contributed by atoms with Crippen molar-refractivity contribution in [1.29, 1.82) is 0 Å². The average Bonchev–Trinajstić information content (AvgIpc) is 2.70. The van der Waals surface area contributed by atoms with Crippen LogP contribution in [-0.4, -0.2) is 17.0 Å². The van der Waals surface area contributed by atoms with Crippen LogP contribution in [0.15, 0.2) is 33.5 Å². The van der Waals surface area contributed by atoms with Crippen LogP contribution in [0.2, 0.25) is 0 Å². The highest BCUT2D eigenvalue weighted by atomic mass is 79.9. The number of carbonyl (C=O) groups excluding carboxylic acids is 1. The highest BCUT2D eigenvalue weighted by Crippen LogP contribution is 2.25. The van der Waals surface area contributed by atoms with Crippen molar-refractivity contribution >= 4 is 43.3 Å². The zero-order chi connectivity index (χ0) is 11.7. The monoisotopic (exact) mass is 345 g/mol. The molecule has 0 fully saturated rings. The van der Waals surface area contributed by atoms with Crippen molar-refractivity contribution in [3.05, 3.63) is 39.0 Å². The van der Waals surface area contributed by atoms with Crippen molar-refractivity contribution in [3.63, 3.8) is 0 Å². The molecule has 2 aromatic heterocycles. The highest BCUT2D eigenvalue weighted by molar-refractivity contribution is 9.11. The number of pyridine rings is 1. The number of ether oxygens (including phenoxy) is 1. The molecule has 16 heavy (non-hydrogen) atoms. The van der Waals surface area contributed by atoms with Crippen LogP contribution >= 0.6 is 31.9 Å². The molecule has 84 valence electrons. The van der Waals surface area contributed by atoms with Gasteiger partial charge in [-0.2, -0.15) is 0 Å². The molecule has 2 aromatic rings. The van der Waals surface area contributed by atoms with Crippen molar-refractivity contribution in [1.82, 2.24) is 4.40 Å². The topological polar surface area (TPSA) is 30.7 Å². The Morgan fingerprint density at radius 1 is 1.44 bits per heavy atom. The van der Waals surface area contributed by atoms with E-state index in [2.05, 4.69) is 31.9 Å². The lowest BCUT2D eigenvalue weighted by Gasteiger charge is -1.99. The molecule has 5 heteroatoms. The van der Waals surface area contributed by atoms with E-state index in [1.54, 1.807) is 19.2 Å². The molecule has 0 amide bonds. The van der Waals surface area contributed by atoms with Gasteiger partial charge in [-0.3, -0.25) is 0 Å². The largest absolute Gasteiger partial charge is 0.462 e. The van der Waals surface area contributed by atoms with Gasteiger partial charge in [-0.25, -0.2) is 4.79 Å². The van der Waals surface area contributed by atoms with Gasteiger partial charge in [0.2, 0.25) is 0 Å². The number of hydrogen-bond acceptors (Lipinski definition) is 2. The van der Waals surface area contributed by atoms with Crippen molar-refractivity contribution < 1.29 is 9.53 Å². The Balaban J connectivity index is 2.55. The van der Waals surface area contributed by atoms with E-state index >= 15 is 0 Å². The first-order valence-electron chi connectivity index (χ1n) is 4.76. The van der Waals surface area contributed by atoms with Gasteiger partial charge >= 0.3 is 5.97 Å². The summed E-state index contributed by atoms with van der Waals surface area (Å²) in [6, 6.07) is 5.63. The Morgan fingerprint density at radius 3 is 2.81 bits per heavy atom. The minimum atomic E-state index is -0.301. The molecule has 0 N–H and O–H groups in total. The Hall–Kier alpha value is -0.810. The molecule has 0 unspecified atom stereocenters. The second-order valence-corrected chi connectivity index (χ2v) is 4.88. The van der Waals surface area contributed by atoms with Crippen molar-refractivity contribution in [2.24, 2.45) is 0 Å². The third-order valence-electron chi connectivity index (χ3n) is 2.17. The maximum Gasteiger partial charge on any atom is 0.339 e. The molecule has 2 rings (SSSR count). The molecule has 0 spiro atoms. The molecule has 0 atom stereocenters. The van der Waals surface area contributed by atoms with E-state index in [1.165, 1.54) is 0 Å². The van der Waals surface area contributed by atoms with Crippen LogP contribution in [0.3, 0.4) is 0 Å². The molecule has 0 bridgehead atoms. The smallest absolute Gasteiger partial charge is 0.339 e. The van der Waals surface area contributed by atoms with E-state index in [-0.39, 0.29) is 5.97 Å². The second kappa shape index (κ2) is 4.59. The average molecular weight is 347 g/mol. The fourth-order valence-electron chi connectivity index (χ4n) is 1.46. The molecule has 3 nitrogen and oxygen atoms in total. The van der Waals surface area contributed by atoms with Gasteiger partial charge in [-0.15, -0.1) is 0 Å². The first kappa shape index (κ1) is 11.7. The van der Waals surface area contributed by atoms with Crippen LogP contribution in [0.5, 0.6) is 0 Å². The summed E-state index contributed by atoms with van der Waals surface area (Å²) in [6.07, 6.45) is 1.75. The van der Waals surface area contributed by atoms with Crippen LogP contribution in [-0.2, 0) is 4.74 Å². The van der Waals surface area contributed by atoms with Gasteiger partial charge in [0.25, 0.3) is 0 Å². The van der Waals surface area contributed by atoms with E-state index in [4.69, 9.17) is 4.74 Å². The molecule has 0 saturated carbocycles. The molecule has 0 aromatic carbocycles. The molecule has 0 aliphatic carbocycles. The lowest BCUT2D eigenvalue weighted by Crippen LogP contribution is -2.02. The van der Waals surface area contributed by atoms with Crippen molar-refractivity contribution in [2.45, 2.75) is 6.92 Å². The van der Waals surface area contributed by atoms with Crippen LogP contribution in [0.4, 0.5) is 0 Å². The van der Waals surface area contributed by atoms with E-state index < -0.39 is 0 Å². The van der Waals surface area contributed by atoms with Gasteiger partial charge in [0.05, 0.1) is 22.3 Å². The van der Waals surface area contributed by atoms with Gasteiger partial charge in [0.15, 0.2) is 0 Å². The van der Waals surface area contributed by atoms with Crippen molar-refractivity contribution in [2.75, 3.05) is 6.61 Å². The summed E-state index contributed by atoms with van der Waals surface area (Å²) < 4.78 is 8.67. The maximum atomic E-state index is 11.6. The Kier molecular flexibility index (Phi) is 3.35. The molecular weight excluding hydrogens is 338 g/mol. The summed E-state index contributed by atoms with van der Waals surface area (Å²) in [6.45, 7) is 2.17. The van der Waals surface area contributed by atoms with Crippen LogP contribution in [0.1, 0.15) is 17.3 Å². The van der Waals surface area contributed by atoms with Gasteiger partial charge in [-0.05, 0) is 57.0 Å². The first-order chi connectivity index (χ1) is 7.63. The summed E-state index contributed by atoms with van der Waals surface area (Å²) in [7, 11) is 0. The maximum absolute atomic E-state index is 11.6. The molecule has 0 saturated heterocycles. The van der Waals surface area contributed by atoms with E-state index in [9.17, 15) is 4.79 Å². The Labute approximate surface area is 110 Å².